The highest BCUT2D eigenvalue weighted by Crippen LogP contribution is 2.33. The van der Waals surface area contributed by atoms with Crippen LogP contribution in [0.3, 0.4) is 0 Å². The van der Waals surface area contributed by atoms with E-state index in [-0.39, 0.29) is 23.0 Å². The molecule has 12 heteroatoms. The van der Waals surface area contributed by atoms with Crippen molar-refractivity contribution in [2.75, 3.05) is 18.6 Å². The second-order valence-corrected chi connectivity index (χ2v) is 9.16. The molecule has 10 nitrogen and oxygen atoms in total. The first-order valence-corrected chi connectivity index (χ1v) is 11.1. The Morgan fingerprint density at radius 1 is 1.33 bits per heavy atom. The predicted octanol–water partition coefficient (Wildman–Crippen LogP) is 0.160. The van der Waals surface area contributed by atoms with Gasteiger partial charge in [-0.15, -0.1) is 0 Å². The summed E-state index contributed by atoms with van der Waals surface area (Å²) in [7, 11) is -7.09. The number of rotatable bonds is 3. The van der Waals surface area contributed by atoms with E-state index < -0.39 is 31.8 Å². The van der Waals surface area contributed by atoms with Gasteiger partial charge < -0.3 is 10.5 Å². The monoisotopic (exact) mass is 419 g/mol. The van der Waals surface area contributed by atoms with Gasteiger partial charge in [0.25, 0.3) is 16.0 Å². The largest absolute Gasteiger partial charge is 0.491 e. The Bertz CT molecular complexity index is 959. The first-order valence-electron chi connectivity index (χ1n) is 7.62. The van der Waals surface area contributed by atoms with E-state index >= 15 is 0 Å². The zero-order valence-corrected chi connectivity index (χ0v) is 16.4. The van der Waals surface area contributed by atoms with Crippen molar-refractivity contribution in [3.8, 4) is 5.75 Å². The number of guanidine groups is 1. The number of hydrogen-bond acceptors (Lipinski definition) is 7. The molecule has 1 heterocycles. The molecule has 0 spiro atoms. The Morgan fingerprint density at radius 2 is 1.93 bits per heavy atom. The van der Waals surface area contributed by atoms with Gasteiger partial charge in [0, 0.05) is 17.6 Å². The first-order chi connectivity index (χ1) is 12.3. The molecule has 0 unspecified atom stereocenters. The molecule has 150 valence electrons. The minimum Gasteiger partial charge on any atom is -0.491 e. The lowest BCUT2D eigenvalue weighted by atomic mass is 10.1. The highest BCUT2D eigenvalue weighted by Gasteiger charge is 2.23. The fraction of sp³-hybridized carbons (Fsp3) is 0.333. The van der Waals surface area contributed by atoms with Crippen LogP contribution in [-0.4, -0.2) is 51.9 Å². The lowest BCUT2D eigenvalue weighted by Gasteiger charge is -2.11. The van der Waals surface area contributed by atoms with Gasteiger partial charge in [0.15, 0.2) is 15.8 Å². The van der Waals surface area contributed by atoms with Crippen LogP contribution in [0, 0.1) is 5.41 Å². The van der Waals surface area contributed by atoms with Crippen molar-refractivity contribution < 1.29 is 30.9 Å². The molecule has 0 fully saturated rings. The molecule has 0 radical (unpaired) electrons. The van der Waals surface area contributed by atoms with Gasteiger partial charge >= 0.3 is 0 Å². The third-order valence-electron chi connectivity index (χ3n) is 3.21. The summed E-state index contributed by atoms with van der Waals surface area (Å²) in [6, 6.07) is 4.77. The molecule has 5 N–H and O–H groups in total. The summed E-state index contributed by atoms with van der Waals surface area (Å²) in [5.41, 5.74) is 6.04. The van der Waals surface area contributed by atoms with Crippen LogP contribution in [0.25, 0.3) is 6.08 Å². The van der Waals surface area contributed by atoms with E-state index in [2.05, 4.69) is 5.32 Å². The van der Waals surface area contributed by atoms with Crippen LogP contribution in [0.15, 0.2) is 28.7 Å². The molecule has 1 aromatic rings. The van der Waals surface area contributed by atoms with Gasteiger partial charge in [-0.3, -0.25) is 20.1 Å². The standard InChI is InChI=1S/C14H17N3O4S.CH4O3S/c1-2-22(19,20)11-5-3-4-9-8-10(6-7-21-12(9)11)13(18)17-14(15)16;1-5(2,3)4/h3-5,8H,2,6-7H2,1H3,(H4,15,16,17,18);1H3,(H,2,3,4). The van der Waals surface area contributed by atoms with E-state index in [9.17, 15) is 21.6 Å². The lowest BCUT2D eigenvalue weighted by Crippen LogP contribution is -2.36. The number of benzene rings is 1. The van der Waals surface area contributed by atoms with Crippen LogP contribution in [0.1, 0.15) is 18.9 Å². The second-order valence-electron chi connectivity index (χ2n) is 5.45. The summed E-state index contributed by atoms with van der Waals surface area (Å²) in [4.78, 5) is 12.1. The van der Waals surface area contributed by atoms with Gasteiger partial charge in [0.05, 0.1) is 18.6 Å². The van der Waals surface area contributed by atoms with Gasteiger partial charge in [-0.2, -0.15) is 8.42 Å². The number of sulfone groups is 1. The van der Waals surface area contributed by atoms with Crippen molar-refractivity contribution in [2.24, 2.45) is 5.73 Å². The Labute approximate surface area is 157 Å². The molecule has 1 aromatic carbocycles. The number of fused-ring (bicyclic) bond motifs is 1. The maximum atomic E-state index is 12.1. The SMILES string of the molecule is CCS(=O)(=O)c1cccc2c1OCCC(C(=O)NC(=N)N)=C2.CS(=O)(=O)O. The van der Waals surface area contributed by atoms with Gasteiger partial charge in [-0.25, -0.2) is 8.42 Å². The van der Waals surface area contributed by atoms with Crippen LogP contribution >= 0.6 is 0 Å². The second kappa shape index (κ2) is 8.97. The van der Waals surface area contributed by atoms with Gasteiger partial charge in [-0.05, 0) is 12.1 Å². The van der Waals surface area contributed by atoms with E-state index in [4.69, 9.17) is 20.4 Å². The number of nitrogens with one attached hydrogen (secondary N) is 2. The van der Waals surface area contributed by atoms with Crippen LogP contribution in [0.5, 0.6) is 5.75 Å². The number of para-hydroxylation sites is 1. The quantitative estimate of drug-likeness (QED) is 0.304. The molecule has 0 bridgehead atoms. The molecular formula is C15H21N3O7S2. The van der Waals surface area contributed by atoms with Gasteiger partial charge in [-0.1, -0.05) is 19.1 Å². The normalized spacial score (nSPS) is 13.7. The number of carbonyl (C=O) groups is 1. The number of ether oxygens (including phenoxy) is 1. The predicted molar refractivity (Wildman–Crippen MR) is 99.8 cm³/mol. The zero-order chi connectivity index (χ0) is 20.8. The van der Waals surface area contributed by atoms with Crippen LogP contribution in [-0.2, 0) is 24.7 Å². The number of nitrogens with two attached hydrogens (primary N) is 1. The third kappa shape index (κ3) is 7.37. The van der Waals surface area contributed by atoms with Crippen molar-refractivity contribution in [3.05, 3.63) is 29.3 Å². The van der Waals surface area contributed by atoms with Crippen molar-refractivity contribution in [3.63, 3.8) is 0 Å². The lowest BCUT2D eigenvalue weighted by molar-refractivity contribution is -0.116. The average molecular weight is 419 g/mol. The van der Waals surface area contributed by atoms with Crippen LogP contribution in [0.2, 0.25) is 0 Å². The minimum atomic E-state index is -3.67. The van der Waals surface area contributed by atoms with Crippen molar-refractivity contribution >= 4 is 37.9 Å². The summed E-state index contributed by atoms with van der Waals surface area (Å²) < 4.78 is 55.7. The molecule has 0 atom stereocenters. The molecule has 27 heavy (non-hydrogen) atoms. The molecule has 0 saturated carbocycles. The van der Waals surface area contributed by atoms with E-state index in [0.29, 0.717) is 23.8 Å². The summed E-state index contributed by atoms with van der Waals surface area (Å²) in [6.07, 6.45) is 2.57. The van der Waals surface area contributed by atoms with Gasteiger partial charge in [0.2, 0.25) is 0 Å². The van der Waals surface area contributed by atoms with E-state index in [1.165, 1.54) is 6.07 Å². The summed E-state index contributed by atoms with van der Waals surface area (Å²) in [6.45, 7) is 1.73. The fourth-order valence-corrected chi connectivity index (χ4v) is 3.16. The molecule has 1 aliphatic heterocycles. The van der Waals surface area contributed by atoms with Crippen LogP contribution < -0.4 is 15.8 Å². The average Bonchev–Trinajstić information content (AvgIpc) is 2.74. The highest BCUT2D eigenvalue weighted by molar-refractivity contribution is 7.91. The Morgan fingerprint density at radius 3 is 2.44 bits per heavy atom. The maximum Gasteiger partial charge on any atom is 0.261 e. The van der Waals surface area contributed by atoms with Crippen molar-refractivity contribution in [1.82, 2.24) is 5.32 Å². The van der Waals surface area contributed by atoms with Crippen LogP contribution in [0.4, 0.5) is 0 Å². The topological polar surface area (TPSA) is 177 Å². The Kier molecular flexibility index (Phi) is 7.51. The molecule has 0 saturated heterocycles. The zero-order valence-electron chi connectivity index (χ0n) is 14.7. The number of carbonyl (C=O) groups excluding carboxylic acids is 1. The summed E-state index contributed by atoms with van der Waals surface area (Å²) in [5, 5.41) is 9.30. The van der Waals surface area contributed by atoms with Crippen molar-refractivity contribution in [1.29, 1.82) is 5.41 Å². The first kappa shape index (κ1) is 22.6. The molecule has 1 aliphatic rings. The van der Waals surface area contributed by atoms with Crippen molar-refractivity contribution in [2.45, 2.75) is 18.2 Å². The van der Waals surface area contributed by atoms with E-state index in [1.807, 2.05) is 0 Å². The third-order valence-corrected chi connectivity index (χ3v) is 4.96. The molecule has 2 rings (SSSR count). The summed E-state index contributed by atoms with van der Waals surface area (Å²) >= 11 is 0. The molecular weight excluding hydrogens is 398 g/mol. The van der Waals surface area contributed by atoms with E-state index in [0.717, 1.165) is 0 Å². The molecule has 1 amide bonds. The molecule has 0 aliphatic carbocycles. The number of hydrogen-bond donors (Lipinski definition) is 4. The Balaban J connectivity index is 0.000000646. The van der Waals surface area contributed by atoms with Gasteiger partial charge in [0.1, 0.15) is 10.6 Å². The smallest absolute Gasteiger partial charge is 0.261 e. The van der Waals surface area contributed by atoms with E-state index in [1.54, 1.807) is 25.1 Å². The fourth-order valence-electron chi connectivity index (χ4n) is 2.11. The minimum absolute atomic E-state index is 0.0335. The Hall–Kier alpha value is -2.44. The maximum absolute atomic E-state index is 12.1. The summed E-state index contributed by atoms with van der Waals surface area (Å²) in [5.74, 6) is -0.713. The highest BCUT2D eigenvalue weighted by atomic mass is 32.2. The molecule has 0 aromatic heterocycles. The number of amides is 1.